The number of carbonyl (C=O) groups is 1. The molecule has 3 rings (SSSR count). The van der Waals surface area contributed by atoms with Gasteiger partial charge < -0.3 is 15.5 Å². The number of halogens is 4. The lowest BCUT2D eigenvalue weighted by molar-refractivity contribution is -0.137. The lowest BCUT2D eigenvalue weighted by Crippen LogP contribution is -2.26. The van der Waals surface area contributed by atoms with Crippen molar-refractivity contribution in [3.05, 3.63) is 59.5 Å². The van der Waals surface area contributed by atoms with Gasteiger partial charge in [-0.2, -0.15) is 13.2 Å². The summed E-state index contributed by atoms with van der Waals surface area (Å²) in [7, 11) is 0. The summed E-state index contributed by atoms with van der Waals surface area (Å²) in [5.74, 6) is -1.10. The molecule has 0 spiro atoms. The fraction of sp³-hybridized carbons (Fsp3) is 0.318. The van der Waals surface area contributed by atoms with Crippen molar-refractivity contribution in [2.75, 3.05) is 28.6 Å². The number of rotatable bonds is 7. The van der Waals surface area contributed by atoms with Gasteiger partial charge in [-0.05, 0) is 43.7 Å². The van der Waals surface area contributed by atoms with Gasteiger partial charge in [0.25, 0.3) is 5.91 Å². The summed E-state index contributed by atoms with van der Waals surface area (Å²) in [6.07, 6.45) is -1.64. The number of carbonyl (C=O) groups excluding carboxylic acids is 1. The number of benzene rings is 2. The van der Waals surface area contributed by atoms with Gasteiger partial charge >= 0.3 is 6.18 Å². The van der Waals surface area contributed by atoms with E-state index in [2.05, 4.69) is 10.6 Å². The zero-order valence-corrected chi connectivity index (χ0v) is 16.7. The topological polar surface area (TPSA) is 44.4 Å². The minimum Gasteiger partial charge on any atom is -0.371 e. The molecule has 1 aliphatic rings. The lowest BCUT2D eigenvalue weighted by Gasteiger charge is -2.27. The first-order chi connectivity index (χ1) is 14.3. The Hall–Kier alpha value is -3.03. The number of hydrogen-bond acceptors (Lipinski definition) is 3. The molecule has 0 bridgehead atoms. The Bertz CT molecular complexity index is 969. The molecule has 1 aliphatic heterocycles. The second-order valence-corrected chi connectivity index (χ2v) is 6.98. The van der Waals surface area contributed by atoms with E-state index in [0.29, 0.717) is 18.8 Å². The molecule has 0 aliphatic carbocycles. The van der Waals surface area contributed by atoms with E-state index in [-0.39, 0.29) is 22.5 Å². The molecule has 2 aromatic carbocycles. The molecule has 30 heavy (non-hydrogen) atoms. The average molecular weight is 421 g/mol. The number of hydrogen-bond donors (Lipinski definition) is 2. The molecule has 1 heterocycles. The fourth-order valence-electron chi connectivity index (χ4n) is 3.42. The average Bonchev–Trinajstić information content (AvgIpc) is 3.03. The van der Waals surface area contributed by atoms with E-state index in [9.17, 15) is 22.4 Å². The molecule has 2 N–H and O–H groups in total. The molecule has 4 nitrogen and oxygen atoms in total. The van der Waals surface area contributed by atoms with Gasteiger partial charge in [0.05, 0.1) is 16.8 Å². The van der Waals surface area contributed by atoms with Gasteiger partial charge in [0.2, 0.25) is 0 Å². The molecule has 0 saturated heterocycles. The molecule has 2 aromatic rings. The molecule has 8 heteroatoms. The van der Waals surface area contributed by atoms with E-state index < -0.39 is 23.5 Å². The number of anilines is 3. The van der Waals surface area contributed by atoms with Crippen LogP contribution in [0, 0.1) is 5.82 Å². The number of alkyl halides is 3. The van der Waals surface area contributed by atoms with Crippen molar-refractivity contribution in [2.45, 2.75) is 32.9 Å². The summed E-state index contributed by atoms with van der Waals surface area (Å²) >= 11 is 0. The van der Waals surface area contributed by atoms with Crippen LogP contribution in [0.5, 0.6) is 0 Å². The van der Waals surface area contributed by atoms with Crippen LogP contribution >= 0.6 is 0 Å². The highest BCUT2D eigenvalue weighted by Crippen LogP contribution is 2.39. The normalized spacial score (nSPS) is 14.6. The molecular weight excluding hydrogens is 398 g/mol. The number of amides is 1. The predicted octanol–water partition coefficient (Wildman–Crippen LogP) is 5.88. The van der Waals surface area contributed by atoms with Gasteiger partial charge in [-0.1, -0.05) is 19.4 Å². The van der Waals surface area contributed by atoms with Gasteiger partial charge in [0.15, 0.2) is 0 Å². The van der Waals surface area contributed by atoms with Crippen LogP contribution in [-0.4, -0.2) is 19.0 Å². The minimum absolute atomic E-state index is 0.0267. The van der Waals surface area contributed by atoms with E-state index in [0.717, 1.165) is 18.9 Å². The summed E-state index contributed by atoms with van der Waals surface area (Å²) in [6, 6.07) is 8.20. The SMILES string of the molecule is CCCCN(CC)c1ccc(N/C=C2/C(=O)Nc3cccc(F)c32)cc1C(F)(F)F. The number of nitrogens with zero attached hydrogens (tertiary/aromatic N) is 1. The second kappa shape index (κ2) is 8.77. The maximum Gasteiger partial charge on any atom is 0.418 e. The van der Waals surface area contributed by atoms with E-state index in [1.165, 1.54) is 30.5 Å². The Balaban J connectivity index is 1.93. The van der Waals surface area contributed by atoms with E-state index in [1.807, 2.05) is 13.8 Å². The molecule has 0 radical (unpaired) electrons. The third-order valence-electron chi connectivity index (χ3n) is 4.96. The van der Waals surface area contributed by atoms with Crippen LogP contribution in [0.15, 0.2) is 42.6 Å². The molecule has 0 atom stereocenters. The maximum absolute atomic E-state index is 14.1. The third kappa shape index (κ3) is 4.42. The first-order valence-corrected chi connectivity index (χ1v) is 9.79. The number of fused-ring (bicyclic) bond motifs is 1. The van der Waals surface area contributed by atoms with Gasteiger partial charge in [-0.3, -0.25) is 4.79 Å². The molecule has 1 amide bonds. The van der Waals surface area contributed by atoms with Crippen LogP contribution in [0.4, 0.5) is 34.6 Å². The fourth-order valence-corrected chi connectivity index (χ4v) is 3.42. The predicted molar refractivity (Wildman–Crippen MR) is 111 cm³/mol. The Labute approximate surface area is 172 Å². The van der Waals surface area contributed by atoms with Crippen molar-refractivity contribution in [1.29, 1.82) is 0 Å². The van der Waals surface area contributed by atoms with Crippen LogP contribution in [0.2, 0.25) is 0 Å². The van der Waals surface area contributed by atoms with Crippen molar-refractivity contribution >= 4 is 28.5 Å². The Morgan fingerprint density at radius 3 is 2.60 bits per heavy atom. The minimum atomic E-state index is -4.54. The Morgan fingerprint density at radius 1 is 1.17 bits per heavy atom. The van der Waals surface area contributed by atoms with Crippen LogP contribution in [0.25, 0.3) is 5.57 Å². The Morgan fingerprint density at radius 2 is 1.93 bits per heavy atom. The zero-order valence-electron chi connectivity index (χ0n) is 16.7. The summed E-state index contributed by atoms with van der Waals surface area (Å²) in [4.78, 5) is 13.8. The van der Waals surface area contributed by atoms with Crippen LogP contribution in [-0.2, 0) is 11.0 Å². The zero-order chi connectivity index (χ0) is 21.9. The summed E-state index contributed by atoms with van der Waals surface area (Å²) in [6.45, 7) is 4.79. The van der Waals surface area contributed by atoms with E-state index >= 15 is 0 Å². The van der Waals surface area contributed by atoms with Crippen molar-refractivity contribution in [2.24, 2.45) is 0 Å². The molecule has 160 valence electrons. The molecule has 0 fully saturated rings. The smallest absolute Gasteiger partial charge is 0.371 e. The monoisotopic (exact) mass is 421 g/mol. The van der Waals surface area contributed by atoms with Crippen LogP contribution < -0.4 is 15.5 Å². The summed E-state index contributed by atoms with van der Waals surface area (Å²) < 4.78 is 55.3. The molecule has 0 aromatic heterocycles. The van der Waals surface area contributed by atoms with E-state index in [4.69, 9.17) is 0 Å². The third-order valence-corrected chi connectivity index (χ3v) is 4.96. The molecule has 0 unspecified atom stereocenters. The standard InChI is InChI=1S/C22H23F4N3O/c1-3-5-11-29(4-2)19-10-9-14(12-16(19)22(24,25)26)27-13-15-20-17(23)7-6-8-18(20)28-21(15)30/h6-10,12-13,27H,3-5,11H2,1-2H3,(H,28,30)/b15-13+. The van der Waals surface area contributed by atoms with Crippen molar-refractivity contribution in [1.82, 2.24) is 0 Å². The van der Waals surface area contributed by atoms with Crippen LogP contribution in [0.1, 0.15) is 37.8 Å². The second-order valence-electron chi connectivity index (χ2n) is 6.98. The maximum atomic E-state index is 14.1. The highest BCUT2D eigenvalue weighted by atomic mass is 19.4. The van der Waals surface area contributed by atoms with Gasteiger partial charge in [-0.15, -0.1) is 0 Å². The number of unbranched alkanes of at least 4 members (excludes halogenated alkanes) is 1. The largest absolute Gasteiger partial charge is 0.418 e. The van der Waals surface area contributed by atoms with Gasteiger partial charge in [0, 0.05) is 36.2 Å². The first kappa shape index (κ1) is 21.7. The highest BCUT2D eigenvalue weighted by molar-refractivity contribution is 6.31. The Kier molecular flexibility index (Phi) is 6.34. The quantitative estimate of drug-likeness (QED) is 0.434. The van der Waals surface area contributed by atoms with Gasteiger partial charge in [0.1, 0.15) is 5.82 Å². The first-order valence-electron chi connectivity index (χ1n) is 9.79. The summed E-state index contributed by atoms with van der Waals surface area (Å²) in [5.41, 5.74) is -0.0344. The molecule has 0 saturated carbocycles. The summed E-state index contributed by atoms with van der Waals surface area (Å²) in [5, 5.41) is 5.25. The van der Waals surface area contributed by atoms with E-state index in [1.54, 1.807) is 11.0 Å². The molecular formula is C22H23F4N3O. The van der Waals surface area contributed by atoms with Gasteiger partial charge in [-0.25, -0.2) is 4.39 Å². The van der Waals surface area contributed by atoms with Crippen molar-refractivity contribution in [3.63, 3.8) is 0 Å². The number of nitrogens with one attached hydrogen (secondary N) is 2. The van der Waals surface area contributed by atoms with Crippen LogP contribution in [0.3, 0.4) is 0 Å². The van der Waals surface area contributed by atoms with Crippen molar-refractivity contribution < 1.29 is 22.4 Å². The lowest BCUT2D eigenvalue weighted by atomic mass is 10.1. The highest BCUT2D eigenvalue weighted by Gasteiger charge is 2.35. The van der Waals surface area contributed by atoms with Crippen molar-refractivity contribution in [3.8, 4) is 0 Å².